The van der Waals surface area contributed by atoms with E-state index in [1.165, 1.54) is 6.33 Å². The Labute approximate surface area is 242 Å². The normalized spacial score (nSPS) is 14.7. The highest BCUT2D eigenvalue weighted by Gasteiger charge is 2.31. The van der Waals surface area contributed by atoms with Gasteiger partial charge < -0.3 is 18.9 Å². The van der Waals surface area contributed by atoms with Gasteiger partial charge in [-0.2, -0.15) is 4.31 Å². The van der Waals surface area contributed by atoms with Crippen LogP contribution in [-0.2, 0) is 30.7 Å². The van der Waals surface area contributed by atoms with Crippen LogP contribution in [0.25, 0.3) is 0 Å². The number of imidazole rings is 2. The van der Waals surface area contributed by atoms with E-state index in [1.807, 2.05) is 16.5 Å². The molecular weight excluding hydrogens is 598 g/mol. The summed E-state index contributed by atoms with van der Waals surface area (Å²) < 4.78 is 33.5. The van der Waals surface area contributed by atoms with Crippen LogP contribution in [0.1, 0.15) is 18.5 Å². The molecule has 0 saturated carbocycles. The predicted molar refractivity (Wildman–Crippen MR) is 153 cm³/mol. The standard InChI is InChI=1S/C25H32BrN11O2S/c1-33-17-23(32-19-33)40(38,39)37(15-20-4-8-35(9-5-20)24-28-6-3-7-29-24)11-10-36(16-22-14-27-18-34(22)2)25-30-12-21(26)13-31-25/h3,6-7,12-14,17-20H,4-5,8-11,15-16H2,1-2H3. The van der Waals surface area contributed by atoms with Crippen molar-refractivity contribution >= 4 is 37.8 Å². The molecule has 40 heavy (non-hydrogen) atoms. The topological polar surface area (TPSA) is 131 Å². The maximum Gasteiger partial charge on any atom is 0.262 e. The van der Waals surface area contributed by atoms with Crippen LogP contribution in [0.15, 0.2) is 65.4 Å². The summed E-state index contributed by atoms with van der Waals surface area (Å²) in [5, 5.41) is 0.0446. The smallest absolute Gasteiger partial charge is 0.262 e. The molecule has 0 spiro atoms. The molecule has 1 fully saturated rings. The van der Waals surface area contributed by atoms with Crippen LogP contribution >= 0.6 is 15.9 Å². The molecule has 0 amide bonds. The summed E-state index contributed by atoms with van der Waals surface area (Å²) in [5.41, 5.74) is 0.959. The van der Waals surface area contributed by atoms with E-state index >= 15 is 0 Å². The number of halogens is 1. The number of nitrogens with zero attached hydrogens (tertiary/aromatic N) is 11. The minimum Gasteiger partial charge on any atom is -0.341 e. The summed E-state index contributed by atoms with van der Waals surface area (Å²) >= 11 is 3.39. The molecule has 1 saturated heterocycles. The second kappa shape index (κ2) is 12.4. The Kier molecular flexibility index (Phi) is 8.71. The van der Waals surface area contributed by atoms with Gasteiger partial charge in [0.2, 0.25) is 11.9 Å². The molecule has 13 nitrogen and oxygen atoms in total. The molecule has 212 valence electrons. The van der Waals surface area contributed by atoms with Gasteiger partial charge in [-0.25, -0.2) is 38.3 Å². The maximum absolute atomic E-state index is 13.8. The molecule has 0 radical (unpaired) electrons. The molecule has 1 aliphatic rings. The van der Waals surface area contributed by atoms with Crippen LogP contribution in [0.3, 0.4) is 0 Å². The first-order chi connectivity index (χ1) is 19.3. The van der Waals surface area contributed by atoms with Crippen molar-refractivity contribution in [2.75, 3.05) is 42.5 Å². The third-order valence-corrected chi connectivity index (χ3v) is 9.14. The van der Waals surface area contributed by atoms with Crippen molar-refractivity contribution in [3.05, 3.63) is 66.1 Å². The molecule has 0 bridgehead atoms. The van der Waals surface area contributed by atoms with Crippen LogP contribution in [-0.4, -0.2) is 84.5 Å². The lowest BCUT2D eigenvalue weighted by atomic mass is 9.97. The summed E-state index contributed by atoms with van der Waals surface area (Å²) in [5.74, 6) is 1.41. The monoisotopic (exact) mass is 629 g/mol. The summed E-state index contributed by atoms with van der Waals surface area (Å²) in [6.07, 6.45) is 15.1. The number of aryl methyl sites for hydroxylation is 2. The van der Waals surface area contributed by atoms with Crippen LogP contribution in [0.4, 0.5) is 11.9 Å². The van der Waals surface area contributed by atoms with Gasteiger partial charge in [0, 0.05) is 84.0 Å². The summed E-state index contributed by atoms with van der Waals surface area (Å²) in [4.78, 5) is 30.2. The van der Waals surface area contributed by atoms with Crippen LogP contribution in [0.5, 0.6) is 0 Å². The second-order valence-electron chi connectivity index (χ2n) is 9.84. The van der Waals surface area contributed by atoms with Gasteiger partial charge in [-0.1, -0.05) is 0 Å². The molecule has 15 heteroatoms. The van der Waals surface area contributed by atoms with Gasteiger partial charge >= 0.3 is 0 Å². The molecule has 5 heterocycles. The first-order valence-corrected chi connectivity index (χ1v) is 15.2. The first kappa shape index (κ1) is 28.1. The van der Waals surface area contributed by atoms with E-state index in [0.29, 0.717) is 31.5 Å². The number of piperidine rings is 1. The molecule has 4 aromatic heterocycles. The van der Waals surface area contributed by atoms with Crippen molar-refractivity contribution in [3.8, 4) is 0 Å². The zero-order valence-electron chi connectivity index (χ0n) is 22.5. The molecule has 0 N–H and O–H groups in total. The highest BCUT2D eigenvalue weighted by atomic mass is 79.9. The van der Waals surface area contributed by atoms with E-state index in [2.05, 4.69) is 50.7 Å². The molecule has 4 aromatic rings. The zero-order chi connectivity index (χ0) is 28.1. The molecule has 1 aliphatic heterocycles. The van der Waals surface area contributed by atoms with Gasteiger partial charge in [0.15, 0.2) is 5.03 Å². The van der Waals surface area contributed by atoms with Gasteiger partial charge in [0.25, 0.3) is 10.0 Å². The van der Waals surface area contributed by atoms with Crippen molar-refractivity contribution in [1.29, 1.82) is 0 Å². The Hall–Kier alpha value is -3.43. The highest BCUT2D eigenvalue weighted by Crippen LogP contribution is 2.24. The Morgan fingerprint density at radius 3 is 2.33 bits per heavy atom. The number of rotatable bonds is 11. The average molecular weight is 631 g/mol. The Morgan fingerprint density at radius 2 is 1.70 bits per heavy atom. The fourth-order valence-corrected chi connectivity index (χ4v) is 6.38. The van der Waals surface area contributed by atoms with Crippen molar-refractivity contribution in [3.63, 3.8) is 0 Å². The summed E-state index contributed by atoms with van der Waals surface area (Å²) in [6.45, 7) is 3.04. The predicted octanol–water partition coefficient (Wildman–Crippen LogP) is 2.11. The quantitative estimate of drug-likeness (QED) is 0.243. The second-order valence-corrected chi connectivity index (χ2v) is 12.6. The van der Waals surface area contributed by atoms with Gasteiger partial charge in [-0.05, 0) is 40.8 Å². The van der Waals surface area contributed by atoms with Crippen molar-refractivity contribution in [1.82, 2.24) is 43.3 Å². The summed E-state index contributed by atoms with van der Waals surface area (Å²) in [6, 6.07) is 1.80. The summed E-state index contributed by atoms with van der Waals surface area (Å²) in [7, 11) is -0.143. The number of hydrogen-bond donors (Lipinski definition) is 0. The lowest BCUT2D eigenvalue weighted by Gasteiger charge is -2.35. The van der Waals surface area contributed by atoms with Crippen molar-refractivity contribution in [2.45, 2.75) is 24.4 Å². The zero-order valence-corrected chi connectivity index (χ0v) is 24.9. The van der Waals surface area contributed by atoms with Crippen LogP contribution in [0.2, 0.25) is 0 Å². The van der Waals surface area contributed by atoms with Crippen LogP contribution in [0, 0.1) is 5.92 Å². The van der Waals surface area contributed by atoms with E-state index in [9.17, 15) is 8.42 Å². The van der Waals surface area contributed by atoms with E-state index in [0.717, 1.165) is 36.1 Å². The fraction of sp³-hybridized carbons (Fsp3) is 0.440. The molecule has 5 rings (SSSR count). The molecule has 0 aromatic carbocycles. The van der Waals surface area contributed by atoms with Gasteiger partial charge in [0.1, 0.15) is 0 Å². The number of anilines is 2. The van der Waals surface area contributed by atoms with Crippen LogP contribution < -0.4 is 9.80 Å². The fourth-order valence-electron chi connectivity index (χ4n) is 4.71. The van der Waals surface area contributed by atoms with Gasteiger partial charge in [-0.3, -0.25) is 0 Å². The Morgan fingerprint density at radius 1 is 0.975 bits per heavy atom. The third-order valence-electron chi connectivity index (χ3n) is 6.97. The van der Waals surface area contributed by atoms with Gasteiger partial charge in [0.05, 0.1) is 29.4 Å². The molecular formula is C25H32BrN11O2S. The largest absolute Gasteiger partial charge is 0.341 e. The first-order valence-electron chi connectivity index (χ1n) is 13.0. The molecule has 0 aliphatic carbocycles. The lowest BCUT2D eigenvalue weighted by molar-refractivity contribution is 0.301. The van der Waals surface area contributed by atoms with Crippen molar-refractivity contribution in [2.24, 2.45) is 20.0 Å². The van der Waals surface area contributed by atoms with E-state index in [-0.39, 0.29) is 17.5 Å². The Balaban J connectivity index is 1.34. The van der Waals surface area contributed by atoms with E-state index < -0.39 is 10.0 Å². The lowest BCUT2D eigenvalue weighted by Crippen LogP contribution is -2.44. The molecule has 0 atom stereocenters. The number of sulfonamides is 1. The maximum atomic E-state index is 13.8. The van der Waals surface area contributed by atoms with Crippen molar-refractivity contribution < 1.29 is 8.42 Å². The highest BCUT2D eigenvalue weighted by molar-refractivity contribution is 9.10. The number of hydrogen-bond acceptors (Lipinski definition) is 10. The Bertz CT molecular complexity index is 1490. The van der Waals surface area contributed by atoms with E-state index in [4.69, 9.17) is 0 Å². The van der Waals surface area contributed by atoms with Gasteiger partial charge in [-0.15, -0.1) is 0 Å². The third kappa shape index (κ3) is 6.64. The molecule has 0 unspecified atom stereocenters. The minimum absolute atomic E-state index is 0.0446. The SMILES string of the molecule is Cn1cnc(S(=O)(=O)N(CCN(Cc2cncn2C)c2ncc(Br)cn2)CC2CCN(c3ncccn3)CC2)c1. The number of aromatic nitrogens is 8. The van der Waals surface area contributed by atoms with E-state index in [1.54, 1.807) is 65.5 Å². The average Bonchev–Trinajstić information content (AvgIpc) is 3.59. The minimum atomic E-state index is -3.83.